The topological polar surface area (TPSA) is 15.3 Å². The molecular formula is C6H19ClN2Si2. The van der Waals surface area contributed by atoms with E-state index in [4.69, 9.17) is 11.1 Å². The zero-order chi connectivity index (χ0) is 9.28. The third kappa shape index (κ3) is 3.71. The summed E-state index contributed by atoms with van der Waals surface area (Å²) in [6.45, 7) is 7.49. The molecule has 68 valence electrons. The molecule has 0 rings (SSSR count). The molecule has 2 nitrogen and oxygen atoms in total. The van der Waals surface area contributed by atoms with Crippen LogP contribution in [0.25, 0.3) is 0 Å². The van der Waals surface area contributed by atoms with Crippen molar-refractivity contribution in [3.63, 3.8) is 0 Å². The summed E-state index contributed by atoms with van der Waals surface area (Å²) < 4.78 is 0. The lowest BCUT2D eigenvalue weighted by Gasteiger charge is -2.35. The Morgan fingerprint density at radius 1 is 1.09 bits per heavy atom. The second-order valence-corrected chi connectivity index (χ2v) is 21.8. The molecule has 0 aliphatic rings. The van der Waals surface area contributed by atoms with Gasteiger partial charge in [0.15, 0.2) is 6.90 Å². The molecule has 0 saturated heterocycles. The molecular weight excluding hydrogens is 192 g/mol. The van der Waals surface area contributed by atoms with Gasteiger partial charge in [-0.3, -0.25) is 10.1 Å². The highest BCUT2D eigenvalue weighted by Gasteiger charge is 2.40. The maximum atomic E-state index is 6.38. The van der Waals surface area contributed by atoms with Gasteiger partial charge < -0.3 is 0 Å². The van der Waals surface area contributed by atoms with E-state index in [-0.39, 0.29) is 0 Å². The molecule has 0 aromatic rings. The quantitative estimate of drug-likeness (QED) is 0.434. The van der Waals surface area contributed by atoms with Crippen molar-refractivity contribution >= 4 is 25.7 Å². The Morgan fingerprint density at radius 3 is 1.55 bits per heavy atom. The molecule has 0 aliphatic heterocycles. The standard InChI is InChI=1S/C6H19ClN2Si2/c1-9(2)8-11(5,6)10(3,4)7/h8H,1-6H3. The highest BCUT2D eigenvalue weighted by molar-refractivity contribution is 7.57. The smallest absolute Gasteiger partial charge is 0.159 e. The van der Waals surface area contributed by atoms with Crippen molar-refractivity contribution in [1.82, 2.24) is 10.1 Å². The summed E-state index contributed by atoms with van der Waals surface area (Å²) in [5, 5.41) is 5.48. The lowest BCUT2D eigenvalue weighted by atomic mass is 11.2. The van der Waals surface area contributed by atoms with Crippen molar-refractivity contribution < 1.29 is 0 Å². The van der Waals surface area contributed by atoms with Gasteiger partial charge in [0.1, 0.15) is 7.75 Å². The van der Waals surface area contributed by atoms with E-state index in [9.17, 15) is 0 Å². The molecule has 0 atom stereocenters. The first-order chi connectivity index (χ1) is 4.67. The van der Waals surface area contributed by atoms with Crippen molar-refractivity contribution in [1.29, 1.82) is 0 Å². The predicted molar refractivity (Wildman–Crippen MR) is 57.6 cm³/mol. The Hall–Kier alpha value is 0.644. The number of hydrogen-bond donors (Lipinski definition) is 1. The molecule has 0 saturated carbocycles. The average molecular weight is 211 g/mol. The van der Waals surface area contributed by atoms with Crippen molar-refractivity contribution in [2.45, 2.75) is 26.2 Å². The molecule has 1 N–H and O–H groups in total. The van der Waals surface area contributed by atoms with Gasteiger partial charge in [-0.25, -0.2) is 0 Å². The van der Waals surface area contributed by atoms with Crippen LogP contribution >= 0.6 is 11.1 Å². The van der Waals surface area contributed by atoms with Gasteiger partial charge in [0.25, 0.3) is 0 Å². The van der Waals surface area contributed by atoms with Gasteiger partial charge >= 0.3 is 0 Å². The summed E-state index contributed by atoms with van der Waals surface area (Å²) >= 11 is 6.38. The minimum atomic E-state index is -1.49. The maximum absolute atomic E-state index is 6.38. The first kappa shape index (κ1) is 11.6. The van der Waals surface area contributed by atoms with Crippen LogP contribution < -0.4 is 5.09 Å². The molecule has 0 spiro atoms. The summed E-state index contributed by atoms with van der Waals surface area (Å²) in [7, 11) is 2.65. The lowest BCUT2D eigenvalue weighted by molar-refractivity contribution is 0.367. The van der Waals surface area contributed by atoms with Crippen LogP contribution in [0.2, 0.25) is 26.2 Å². The van der Waals surface area contributed by atoms with Crippen molar-refractivity contribution in [2.24, 2.45) is 0 Å². The van der Waals surface area contributed by atoms with E-state index in [1.54, 1.807) is 0 Å². The van der Waals surface area contributed by atoms with Crippen LogP contribution in [-0.2, 0) is 0 Å². The molecule has 0 fully saturated rings. The Morgan fingerprint density at radius 2 is 1.45 bits per heavy atom. The number of nitrogens with one attached hydrogen (secondary N) is 1. The summed E-state index contributed by atoms with van der Waals surface area (Å²) in [6.07, 6.45) is 0. The van der Waals surface area contributed by atoms with Crippen LogP contribution in [0, 0.1) is 0 Å². The fourth-order valence-electron chi connectivity index (χ4n) is 0.692. The third-order valence-corrected chi connectivity index (χ3v) is 19.5. The highest BCUT2D eigenvalue weighted by atomic mass is 35.6. The second-order valence-electron chi connectivity index (χ2n) is 4.10. The molecule has 0 aromatic heterocycles. The third-order valence-electron chi connectivity index (χ3n) is 1.99. The second kappa shape index (κ2) is 3.57. The highest BCUT2D eigenvalue weighted by Crippen LogP contribution is 2.19. The number of nitrogens with zero attached hydrogens (tertiary/aromatic N) is 1. The van der Waals surface area contributed by atoms with Crippen molar-refractivity contribution in [3.05, 3.63) is 0 Å². The molecule has 0 aromatic carbocycles. The summed E-state index contributed by atoms with van der Waals surface area (Å²) in [4.78, 5) is 0. The van der Waals surface area contributed by atoms with Crippen LogP contribution in [0.3, 0.4) is 0 Å². The van der Waals surface area contributed by atoms with E-state index in [1.165, 1.54) is 0 Å². The zero-order valence-electron chi connectivity index (χ0n) is 8.33. The minimum Gasteiger partial charge on any atom is -0.278 e. The molecule has 11 heavy (non-hydrogen) atoms. The number of halogens is 1. The molecule has 0 radical (unpaired) electrons. The summed E-state index contributed by atoms with van der Waals surface area (Å²) in [6, 6.07) is 0. The summed E-state index contributed by atoms with van der Waals surface area (Å²) in [5.74, 6) is 0. The van der Waals surface area contributed by atoms with Crippen LogP contribution in [0.4, 0.5) is 0 Å². The molecule has 0 amide bonds. The normalized spacial score (nSPS) is 14.2. The largest absolute Gasteiger partial charge is 0.278 e. The molecule has 5 heteroatoms. The molecule has 0 bridgehead atoms. The van der Waals surface area contributed by atoms with Gasteiger partial charge in [0.05, 0.1) is 0 Å². The Labute approximate surface area is 76.5 Å². The Bertz CT molecular complexity index is 131. The maximum Gasteiger partial charge on any atom is 0.159 e. The van der Waals surface area contributed by atoms with E-state index in [2.05, 4.69) is 31.3 Å². The summed E-state index contributed by atoms with van der Waals surface area (Å²) in [5.41, 5.74) is 0. The fraction of sp³-hybridized carbons (Fsp3) is 1.00. The first-order valence-electron chi connectivity index (χ1n) is 3.81. The number of hydrogen-bond acceptors (Lipinski definition) is 2. The molecule has 0 aliphatic carbocycles. The Balaban J connectivity index is 4.22. The van der Waals surface area contributed by atoms with Crippen molar-refractivity contribution in [2.75, 3.05) is 14.1 Å². The fourth-order valence-corrected chi connectivity index (χ4v) is 3.92. The number of rotatable bonds is 3. The van der Waals surface area contributed by atoms with E-state index in [0.29, 0.717) is 0 Å². The molecule has 0 unspecified atom stereocenters. The van der Waals surface area contributed by atoms with E-state index in [0.717, 1.165) is 0 Å². The van der Waals surface area contributed by atoms with E-state index in [1.807, 2.05) is 19.1 Å². The molecule has 0 heterocycles. The van der Waals surface area contributed by atoms with E-state index >= 15 is 0 Å². The zero-order valence-corrected chi connectivity index (χ0v) is 11.1. The number of hydrazine groups is 1. The van der Waals surface area contributed by atoms with Crippen LogP contribution in [0.5, 0.6) is 0 Å². The SMILES string of the molecule is CN(C)N[Si](C)(C)[Si](C)(C)Cl. The van der Waals surface area contributed by atoms with Gasteiger partial charge in [0, 0.05) is 14.1 Å². The average Bonchev–Trinajstić information content (AvgIpc) is 1.56. The van der Waals surface area contributed by atoms with Crippen molar-refractivity contribution in [3.8, 4) is 0 Å². The van der Waals surface area contributed by atoms with E-state index < -0.39 is 14.7 Å². The van der Waals surface area contributed by atoms with Crippen LogP contribution in [0.1, 0.15) is 0 Å². The van der Waals surface area contributed by atoms with Gasteiger partial charge in [-0.15, -0.1) is 0 Å². The van der Waals surface area contributed by atoms with Gasteiger partial charge in [-0.05, 0) is 0 Å². The predicted octanol–water partition coefficient (Wildman–Crippen LogP) is 1.78. The monoisotopic (exact) mass is 210 g/mol. The van der Waals surface area contributed by atoms with Gasteiger partial charge in [0.2, 0.25) is 0 Å². The lowest BCUT2D eigenvalue weighted by Crippen LogP contribution is -2.65. The van der Waals surface area contributed by atoms with Gasteiger partial charge in [-0.1, -0.05) is 26.2 Å². The van der Waals surface area contributed by atoms with Gasteiger partial charge in [-0.2, -0.15) is 11.1 Å². The van der Waals surface area contributed by atoms with Crippen LogP contribution in [0.15, 0.2) is 0 Å². The van der Waals surface area contributed by atoms with Crippen LogP contribution in [-0.4, -0.2) is 33.8 Å². The first-order valence-corrected chi connectivity index (χ1v) is 11.8. The minimum absolute atomic E-state index is 1.39. The Kier molecular flexibility index (Phi) is 3.78.